The predicted octanol–water partition coefficient (Wildman–Crippen LogP) is 3.86. The molecule has 0 fully saturated rings. The van der Waals surface area contributed by atoms with Crippen LogP contribution in [0.15, 0.2) is 48.5 Å². The molecule has 0 aromatic heterocycles. The third-order valence-corrected chi connectivity index (χ3v) is 5.90. The molecule has 2 aromatic carbocycles. The van der Waals surface area contributed by atoms with Crippen LogP contribution in [0.1, 0.15) is 43.7 Å². The summed E-state index contributed by atoms with van der Waals surface area (Å²) >= 11 is 0. The zero-order valence-corrected chi connectivity index (χ0v) is 19.0. The topological polar surface area (TPSA) is 75.7 Å². The average Bonchev–Trinajstić information content (AvgIpc) is 2.69. The van der Waals surface area contributed by atoms with Gasteiger partial charge in [0.05, 0.1) is 18.5 Å². The molecule has 0 aliphatic carbocycles. The number of carbonyl (C=O) groups is 1. The molecular formula is C23H32N2O4S. The van der Waals surface area contributed by atoms with Gasteiger partial charge in [-0.15, -0.1) is 0 Å². The minimum absolute atomic E-state index is 0.117. The van der Waals surface area contributed by atoms with Crippen LogP contribution in [0, 0.1) is 6.92 Å². The molecule has 0 saturated heterocycles. The molecular weight excluding hydrogens is 400 g/mol. The van der Waals surface area contributed by atoms with E-state index in [2.05, 4.69) is 19.2 Å². The number of amides is 1. The van der Waals surface area contributed by atoms with Gasteiger partial charge in [0.25, 0.3) is 0 Å². The summed E-state index contributed by atoms with van der Waals surface area (Å²) in [6, 6.07) is 15.2. The highest BCUT2D eigenvalue weighted by atomic mass is 32.2. The molecule has 164 valence electrons. The Morgan fingerprint density at radius 2 is 1.77 bits per heavy atom. The van der Waals surface area contributed by atoms with E-state index in [0.717, 1.165) is 16.9 Å². The van der Waals surface area contributed by atoms with Crippen LogP contribution in [0.5, 0.6) is 5.75 Å². The van der Waals surface area contributed by atoms with Gasteiger partial charge in [-0.05, 0) is 43.0 Å². The van der Waals surface area contributed by atoms with Gasteiger partial charge in [0.1, 0.15) is 12.4 Å². The maximum Gasteiger partial charge on any atom is 0.232 e. The second-order valence-corrected chi connectivity index (χ2v) is 9.57. The molecule has 0 saturated carbocycles. The highest BCUT2D eigenvalue weighted by Crippen LogP contribution is 2.25. The van der Waals surface area contributed by atoms with E-state index in [1.165, 1.54) is 10.6 Å². The molecule has 0 aliphatic rings. The molecule has 0 heterocycles. The first-order chi connectivity index (χ1) is 14.2. The quantitative estimate of drug-likeness (QED) is 0.547. The van der Waals surface area contributed by atoms with Crippen LogP contribution in [0.4, 0.5) is 5.69 Å². The van der Waals surface area contributed by atoms with E-state index in [9.17, 15) is 13.2 Å². The van der Waals surface area contributed by atoms with Crippen molar-refractivity contribution in [3.05, 3.63) is 59.7 Å². The highest BCUT2D eigenvalue weighted by molar-refractivity contribution is 7.92. The Labute approximate surface area is 180 Å². The SMILES string of the molecule is Cc1ccc(N(CCCC(=O)NCCOc2ccccc2C(C)C)S(C)(=O)=O)cc1. The summed E-state index contributed by atoms with van der Waals surface area (Å²) in [5.74, 6) is 1.08. The van der Waals surface area contributed by atoms with Gasteiger partial charge in [-0.2, -0.15) is 0 Å². The van der Waals surface area contributed by atoms with Crippen molar-refractivity contribution in [2.75, 3.05) is 30.3 Å². The molecule has 1 N–H and O–H groups in total. The number of nitrogens with zero attached hydrogens (tertiary/aromatic N) is 1. The number of aryl methyl sites for hydroxylation is 1. The molecule has 0 radical (unpaired) electrons. The van der Waals surface area contributed by atoms with Crippen LogP contribution >= 0.6 is 0 Å². The summed E-state index contributed by atoms with van der Waals surface area (Å²) in [5.41, 5.74) is 2.81. The highest BCUT2D eigenvalue weighted by Gasteiger charge is 2.17. The third-order valence-electron chi connectivity index (χ3n) is 4.71. The number of hydrogen-bond acceptors (Lipinski definition) is 4. The molecule has 2 aromatic rings. The zero-order valence-electron chi connectivity index (χ0n) is 18.2. The largest absolute Gasteiger partial charge is 0.491 e. The Morgan fingerprint density at radius 1 is 1.10 bits per heavy atom. The van der Waals surface area contributed by atoms with Gasteiger partial charge < -0.3 is 10.1 Å². The summed E-state index contributed by atoms with van der Waals surface area (Å²) in [4.78, 5) is 12.1. The van der Waals surface area contributed by atoms with Crippen molar-refractivity contribution in [1.29, 1.82) is 0 Å². The van der Waals surface area contributed by atoms with E-state index in [4.69, 9.17) is 4.74 Å². The second-order valence-electron chi connectivity index (χ2n) is 7.67. The molecule has 6 nitrogen and oxygen atoms in total. The van der Waals surface area contributed by atoms with E-state index >= 15 is 0 Å². The fraction of sp³-hybridized carbons (Fsp3) is 0.435. The van der Waals surface area contributed by atoms with Crippen LogP contribution in [0.25, 0.3) is 0 Å². The Balaban J connectivity index is 1.77. The van der Waals surface area contributed by atoms with Crippen LogP contribution in [0.2, 0.25) is 0 Å². The van der Waals surface area contributed by atoms with E-state index < -0.39 is 10.0 Å². The van der Waals surface area contributed by atoms with Gasteiger partial charge in [0.2, 0.25) is 15.9 Å². The minimum Gasteiger partial charge on any atom is -0.491 e. The lowest BCUT2D eigenvalue weighted by Gasteiger charge is -2.22. The summed E-state index contributed by atoms with van der Waals surface area (Å²) < 4.78 is 31.4. The smallest absolute Gasteiger partial charge is 0.232 e. The number of benzene rings is 2. The zero-order chi connectivity index (χ0) is 22.1. The summed E-state index contributed by atoms with van der Waals surface area (Å²) in [5, 5.41) is 2.83. The first kappa shape index (κ1) is 23.7. The summed E-state index contributed by atoms with van der Waals surface area (Å²) in [7, 11) is -3.41. The van der Waals surface area contributed by atoms with Crippen LogP contribution in [0.3, 0.4) is 0 Å². The normalized spacial score (nSPS) is 11.4. The monoisotopic (exact) mass is 432 g/mol. The standard InChI is InChI=1S/C23H32N2O4S/c1-18(2)21-8-5-6-9-22(21)29-17-15-24-23(26)10-7-16-25(30(4,27)28)20-13-11-19(3)12-14-20/h5-6,8-9,11-14,18H,7,10,15-17H2,1-4H3,(H,24,26). The van der Waals surface area contributed by atoms with Crippen LogP contribution in [-0.4, -0.2) is 40.3 Å². The van der Waals surface area contributed by atoms with Gasteiger partial charge in [0, 0.05) is 13.0 Å². The van der Waals surface area contributed by atoms with Gasteiger partial charge in [-0.25, -0.2) is 8.42 Å². The number of hydrogen-bond donors (Lipinski definition) is 1. The fourth-order valence-electron chi connectivity index (χ4n) is 3.11. The molecule has 0 unspecified atom stereocenters. The van der Waals surface area contributed by atoms with Crippen molar-refractivity contribution in [1.82, 2.24) is 5.32 Å². The van der Waals surface area contributed by atoms with Crippen molar-refractivity contribution in [2.24, 2.45) is 0 Å². The van der Waals surface area contributed by atoms with Gasteiger partial charge in [-0.1, -0.05) is 49.7 Å². The van der Waals surface area contributed by atoms with Crippen molar-refractivity contribution < 1.29 is 17.9 Å². The Kier molecular flexibility index (Phi) is 8.72. The second kappa shape index (κ2) is 11.0. The first-order valence-electron chi connectivity index (χ1n) is 10.2. The number of ether oxygens (including phenoxy) is 1. The molecule has 30 heavy (non-hydrogen) atoms. The lowest BCUT2D eigenvalue weighted by atomic mass is 10.0. The minimum atomic E-state index is -3.41. The number of anilines is 1. The van der Waals surface area contributed by atoms with Crippen molar-refractivity contribution in [3.8, 4) is 5.75 Å². The lowest BCUT2D eigenvalue weighted by molar-refractivity contribution is -0.121. The van der Waals surface area contributed by atoms with Crippen LogP contribution < -0.4 is 14.4 Å². The van der Waals surface area contributed by atoms with Crippen molar-refractivity contribution in [2.45, 2.75) is 39.5 Å². The van der Waals surface area contributed by atoms with Crippen LogP contribution in [-0.2, 0) is 14.8 Å². The summed E-state index contributed by atoms with van der Waals surface area (Å²) in [6.45, 7) is 7.21. The van der Waals surface area contributed by atoms with E-state index in [-0.39, 0.29) is 18.9 Å². The molecule has 2 rings (SSSR count). The summed E-state index contributed by atoms with van der Waals surface area (Å²) in [6.07, 6.45) is 1.86. The Morgan fingerprint density at radius 3 is 2.40 bits per heavy atom. The van der Waals surface area contributed by atoms with Crippen molar-refractivity contribution >= 4 is 21.6 Å². The number of para-hydroxylation sites is 1. The molecule has 0 aliphatic heterocycles. The average molecular weight is 433 g/mol. The molecule has 0 atom stereocenters. The van der Waals surface area contributed by atoms with Gasteiger partial charge >= 0.3 is 0 Å². The lowest BCUT2D eigenvalue weighted by Crippen LogP contribution is -2.32. The van der Waals surface area contributed by atoms with E-state index in [1.54, 1.807) is 12.1 Å². The molecule has 0 spiro atoms. The first-order valence-corrected chi connectivity index (χ1v) is 12.1. The van der Waals surface area contributed by atoms with E-state index in [0.29, 0.717) is 31.2 Å². The van der Waals surface area contributed by atoms with Crippen molar-refractivity contribution in [3.63, 3.8) is 0 Å². The Hall–Kier alpha value is -2.54. The number of carbonyl (C=O) groups excluding carboxylic acids is 1. The fourth-order valence-corrected chi connectivity index (χ4v) is 4.07. The molecule has 7 heteroatoms. The Bertz CT molecular complexity index is 924. The maximum atomic E-state index is 12.1. The number of rotatable bonds is 11. The maximum absolute atomic E-state index is 12.1. The number of nitrogens with one attached hydrogen (secondary N) is 1. The number of sulfonamides is 1. The molecule has 1 amide bonds. The van der Waals surface area contributed by atoms with Gasteiger partial charge in [-0.3, -0.25) is 9.10 Å². The van der Waals surface area contributed by atoms with Gasteiger partial charge in [0.15, 0.2) is 0 Å². The predicted molar refractivity (Wildman–Crippen MR) is 122 cm³/mol. The van der Waals surface area contributed by atoms with E-state index in [1.807, 2.05) is 43.3 Å². The molecule has 0 bridgehead atoms. The third kappa shape index (κ3) is 7.37.